The third-order valence-corrected chi connectivity index (χ3v) is 5.31. The fourth-order valence-corrected chi connectivity index (χ4v) is 3.22. The molecule has 0 unspecified atom stereocenters. The molecule has 1 heterocycles. The van der Waals surface area contributed by atoms with Crippen LogP contribution in [0.1, 0.15) is 63.2 Å². The number of pyridine rings is 1. The molecule has 0 radical (unpaired) electrons. The van der Waals surface area contributed by atoms with Gasteiger partial charge in [0.1, 0.15) is 11.5 Å². The summed E-state index contributed by atoms with van der Waals surface area (Å²) in [6, 6.07) is 14.9. The van der Waals surface area contributed by atoms with Gasteiger partial charge in [0.2, 0.25) is 0 Å². The Morgan fingerprint density at radius 1 is 0.879 bits per heavy atom. The van der Waals surface area contributed by atoms with E-state index in [1.54, 1.807) is 24.3 Å². The van der Waals surface area contributed by atoms with E-state index in [9.17, 15) is 9.90 Å². The van der Waals surface area contributed by atoms with Gasteiger partial charge in [0.05, 0.1) is 7.11 Å². The number of nitrogens with one attached hydrogen (secondary N) is 1. The van der Waals surface area contributed by atoms with Gasteiger partial charge < -0.3 is 19.9 Å². The lowest BCUT2D eigenvalue weighted by Gasteiger charge is -2.26. The summed E-state index contributed by atoms with van der Waals surface area (Å²) in [6.45, 7) is 13.1. The number of aromatic hydroxyl groups is 1. The molecule has 1 aromatic heterocycles. The van der Waals surface area contributed by atoms with Gasteiger partial charge >= 0.3 is 0 Å². The average Bonchev–Trinajstić information content (AvgIpc) is 2.74. The molecule has 3 rings (SSSR count). The van der Waals surface area contributed by atoms with E-state index in [1.807, 2.05) is 0 Å². The lowest BCUT2D eigenvalue weighted by molar-refractivity contribution is 0.101. The van der Waals surface area contributed by atoms with Crippen molar-refractivity contribution in [3.8, 4) is 23.0 Å². The Balaban J connectivity index is 1.79. The molecule has 0 bridgehead atoms. The molecule has 0 atom stereocenters. The van der Waals surface area contributed by atoms with Crippen LogP contribution < -0.4 is 14.8 Å². The molecule has 0 aliphatic carbocycles. The molecule has 1 amide bonds. The first kappa shape index (κ1) is 24.1. The highest BCUT2D eigenvalue weighted by atomic mass is 16.5. The van der Waals surface area contributed by atoms with E-state index in [-0.39, 0.29) is 28.0 Å². The Kier molecular flexibility index (Phi) is 6.68. The lowest BCUT2D eigenvalue weighted by atomic mass is 9.80. The number of nitrogens with zero attached hydrogens (tertiary/aromatic N) is 1. The van der Waals surface area contributed by atoms with Crippen molar-refractivity contribution in [2.75, 3.05) is 12.4 Å². The highest BCUT2D eigenvalue weighted by molar-refractivity contribution is 6.05. The van der Waals surface area contributed by atoms with Crippen LogP contribution in [0.25, 0.3) is 0 Å². The zero-order chi connectivity index (χ0) is 24.4. The zero-order valence-electron chi connectivity index (χ0n) is 20.3. The van der Waals surface area contributed by atoms with Crippen LogP contribution in [0, 0.1) is 0 Å². The minimum Gasteiger partial charge on any atom is -0.503 e. The quantitative estimate of drug-likeness (QED) is 0.470. The smallest absolute Gasteiger partial charge is 0.278 e. The molecule has 0 fully saturated rings. The van der Waals surface area contributed by atoms with Crippen molar-refractivity contribution in [3.63, 3.8) is 0 Å². The molecular formula is C27H32N2O4. The lowest BCUT2D eigenvalue weighted by Crippen LogP contribution is -2.16. The number of rotatable bonds is 5. The topological polar surface area (TPSA) is 80.7 Å². The maximum absolute atomic E-state index is 12.5. The van der Waals surface area contributed by atoms with Gasteiger partial charge in [-0.2, -0.15) is 0 Å². The summed E-state index contributed by atoms with van der Waals surface area (Å²) >= 11 is 0. The molecule has 6 nitrogen and oxygen atoms in total. The Bertz CT molecular complexity index is 1110. The van der Waals surface area contributed by atoms with Crippen molar-refractivity contribution >= 4 is 11.6 Å². The number of ether oxygens (including phenoxy) is 2. The molecule has 0 aliphatic heterocycles. The number of anilines is 1. The molecule has 2 N–H and O–H groups in total. The third-order valence-electron chi connectivity index (χ3n) is 5.31. The summed E-state index contributed by atoms with van der Waals surface area (Å²) in [7, 11) is 1.41. The normalized spacial score (nSPS) is 11.7. The van der Waals surface area contributed by atoms with E-state index >= 15 is 0 Å². The summed E-state index contributed by atoms with van der Waals surface area (Å²) in [4.78, 5) is 16.5. The van der Waals surface area contributed by atoms with Crippen molar-refractivity contribution in [3.05, 3.63) is 71.5 Å². The number of benzene rings is 2. The second-order valence-corrected chi connectivity index (χ2v) is 10.0. The molecule has 174 valence electrons. The van der Waals surface area contributed by atoms with Crippen molar-refractivity contribution < 1.29 is 19.4 Å². The van der Waals surface area contributed by atoms with Crippen molar-refractivity contribution in [1.29, 1.82) is 0 Å². The summed E-state index contributed by atoms with van der Waals surface area (Å²) < 4.78 is 11.2. The highest BCUT2D eigenvalue weighted by Crippen LogP contribution is 2.35. The second-order valence-electron chi connectivity index (χ2n) is 10.0. The Morgan fingerprint density at radius 3 is 1.97 bits per heavy atom. The standard InChI is InChI=1S/C27H32N2O4/c1-26(2,3)17-14-18(27(4,5)6)16-21(15-17)33-20-10-8-19(9-11-20)29-25(31)23-24(30)22(32-7)12-13-28-23/h8-16,30H,1-7H3,(H,29,31). The molecule has 0 saturated carbocycles. The maximum Gasteiger partial charge on any atom is 0.278 e. The zero-order valence-corrected chi connectivity index (χ0v) is 20.3. The summed E-state index contributed by atoms with van der Waals surface area (Å²) in [6.07, 6.45) is 1.40. The van der Waals surface area contributed by atoms with Crippen LogP contribution in [0.5, 0.6) is 23.0 Å². The maximum atomic E-state index is 12.5. The Morgan fingerprint density at radius 2 is 1.45 bits per heavy atom. The first-order valence-electron chi connectivity index (χ1n) is 10.9. The number of carbonyl (C=O) groups excluding carboxylic acids is 1. The van der Waals surface area contributed by atoms with Gasteiger partial charge in [0, 0.05) is 18.0 Å². The largest absolute Gasteiger partial charge is 0.503 e. The van der Waals surface area contributed by atoms with Crippen LogP contribution in [0.3, 0.4) is 0 Å². The summed E-state index contributed by atoms with van der Waals surface area (Å²) in [5.74, 6) is 0.778. The second kappa shape index (κ2) is 9.14. The molecule has 0 spiro atoms. The number of amides is 1. The van der Waals surface area contributed by atoms with Gasteiger partial charge in [-0.1, -0.05) is 47.6 Å². The number of hydrogen-bond donors (Lipinski definition) is 2. The van der Waals surface area contributed by atoms with Crippen LogP contribution in [0.4, 0.5) is 5.69 Å². The Hall–Kier alpha value is -3.54. The van der Waals surface area contributed by atoms with Gasteiger partial charge in [-0.3, -0.25) is 4.79 Å². The van der Waals surface area contributed by atoms with E-state index in [1.165, 1.54) is 30.5 Å². The van der Waals surface area contributed by atoms with E-state index in [4.69, 9.17) is 9.47 Å². The molecule has 3 aromatic rings. The van der Waals surface area contributed by atoms with E-state index in [0.29, 0.717) is 11.4 Å². The van der Waals surface area contributed by atoms with E-state index < -0.39 is 5.91 Å². The van der Waals surface area contributed by atoms with Crippen LogP contribution in [-0.4, -0.2) is 23.1 Å². The van der Waals surface area contributed by atoms with Crippen molar-refractivity contribution in [1.82, 2.24) is 4.98 Å². The summed E-state index contributed by atoms with van der Waals surface area (Å²) in [5.41, 5.74) is 2.85. The summed E-state index contributed by atoms with van der Waals surface area (Å²) in [5, 5.41) is 12.9. The predicted octanol–water partition coefficient (Wildman–Crippen LogP) is 6.44. The van der Waals surface area contributed by atoms with Gasteiger partial charge in [-0.05, 0) is 58.4 Å². The average molecular weight is 449 g/mol. The molecule has 6 heteroatoms. The van der Waals surface area contributed by atoms with Crippen LogP contribution in [-0.2, 0) is 10.8 Å². The van der Waals surface area contributed by atoms with E-state index in [0.717, 1.165) is 5.75 Å². The van der Waals surface area contributed by atoms with E-state index in [2.05, 4.69) is 70.0 Å². The number of aromatic nitrogens is 1. The van der Waals surface area contributed by atoms with Gasteiger partial charge in [-0.25, -0.2) is 4.98 Å². The molecule has 0 saturated heterocycles. The molecular weight excluding hydrogens is 416 g/mol. The van der Waals surface area contributed by atoms with Crippen LogP contribution in [0.2, 0.25) is 0 Å². The van der Waals surface area contributed by atoms with Crippen LogP contribution >= 0.6 is 0 Å². The third kappa shape index (κ3) is 5.83. The van der Waals surface area contributed by atoms with Gasteiger partial charge in [0.25, 0.3) is 5.91 Å². The highest BCUT2D eigenvalue weighted by Gasteiger charge is 2.21. The fourth-order valence-electron chi connectivity index (χ4n) is 3.22. The minimum absolute atomic E-state index is 0.00672. The van der Waals surface area contributed by atoms with Crippen molar-refractivity contribution in [2.24, 2.45) is 0 Å². The number of methoxy groups -OCH3 is 1. The SMILES string of the molecule is COc1ccnc(C(=O)Nc2ccc(Oc3cc(C(C)(C)C)cc(C(C)(C)C)c3)cc2)c1O. The van der Waals surface area contributed by atoms with Gasteiger partial charge in [-0.15, -0.1) is 0 Å². The predicted molar refractivity (Wildman–Crippen MR) is 131 cm³/mol. The monoisotopic (exact) mass is 448 g/mol. The van der Waals surface area contributed by atoms with Crippen molar-refractivity contribution in [2.45, 2.75) is 52.4 Å². The molecule has 33 heavy (non-hydrogen) atoms. The first-order valence-corrected chi connectivity index (χ1v) is 10.9. The van der Waals surface area contributed by atoms with Gasteiger partial charge in [0.15, 0.2) is 17.2 Å². The Labute approximate surface area is 195 Å². The number of carbonyl (C=O) groups is 1. The molecule has 0 aliphatic rings. The molecule has 2 aromatic carbocycles. The first-order chi connectivity index (χ1) is 15.4. The number of hydrogen-bond acceptors (Lipinski definition) is 5. The van der Waals surface area contributed by atoms with Crippen LogP contribution in [0.15, 0.2) is 54.7 Å². The fraction of sp³-hybridized carbons (Fsp3) is 0.333. The minimum atomic E-state index is -0.534.